The van der Waals surface area contributed by atoms with E-state index < -0.39 is 0 Å². The number of amides is 1. The van der Waals surface area contributed by atoms with E-state index in [0.29, 0.717) is 21.8 Å². The molecule has 1 aromatic carbocycles. The number of fused-ring (bicyclic) bond motifs is 3. The minimum Gasteiger partial charge on any atom is -0.379 e. The van der Waals surface area contributed by atoms with Gasteiger partial charge in [-0.15, -0.1) is 0 Å². The molecule has 2 aromatic rings. The van der Waals surface area contributed by atoms with E-state index in [-0.39, 0.29) is 11.9 Å². The van der Waals surface area contributed by atoms with Crippen molar-refractivity contribution in [1.82, 2.24) is 4.98 Å². The minimum atomic E-state index is -0.256. The first-order valence-electron chi connectivity index (χ1n) is 8.62. The largest absolute Gasteiger partial charge is 0.379 e. The van der Waals surface area contributed by atoms with Gasteiger partial charge in [0.05, 0.1) is 11.1 Å². The Morgan fingerprint density at radius 2 is 2.19 bits per heavy atom. The average Bonchev–Trinajstić information content (AvgIpc) is 2.81. The number of aryl methyl sites for hydroxylation is 1. The van der Waals surface area contributed by atoms with Crippen molar-refractivity contribution in [2.75, 3.05) is 11.1 Å². The highest BCUT2D eigenvalue weighted by Gasteiger charge is 2.31. The molecule has 0 saturated heterocycles. The van der Waals surface area contributed by atoms with E-state index in [4.69, 9.17) is 22.3 Å². The van der Waals surface area contributed by atoms with E-state index in [9.17, 15) is 4.79 Å². The Kier molecular flexibility index (Phi) is 4.87. The summed E-state index contributed by atoms with van der Waals surface area (Å²) >= 11 is 7.47. The molecule has 2 atom stereocenters. The van der Waals surface area contributed by atoms with Crippen LogP contribution in [0, 0.1) is 5.92 Å². The molecule has 0 radical (unpaired) electrons. The lowest BCUT2D eigenvalue weighted by Crippen LogP contribution is -2.24. The number of amidine groups is 1. The summed E-state index contributed by atoms with van der Waals surface area (Å²) in [5.74, 6) is 1.25. The van der Waals surface area contributed by atoms with Crippen LogP contribution in [0.25, 0.3) is 0 Å². The van der Waals surface area contributed by atoms with Gasteiger partial charge in [0.25, 0.3) is 5.91 Å². The molecule has 1 aliphatic heterocycles. The van der Waals surface area contributed by atoms with Crippen LogP contribution in [-0.4, -0.2) is 21.8 Å². The van der Waals surface area contributed by atoms with E-state index in [1.54, 1.807) is 23.9 Å². The molecule has 0 saturated carbocycles. The van der Waals surface area contributed by atoms with Gasteiger partial charge in [0.1, 0.15) is 5.69 Å². The van der Waals surface area contributed by atoms with Gasteiger partial charge in [0, 0.05) is 17.6 Å². The molecule has 0 spiro atoms. The molecule has 0 bridgehead atoms. The van der Waals surface area contributed by atoms with Gasteiger partial charge < -0.3 is 11.1 Å². The summed E-state index contributed by atoms with van der Waals surface area (Å²) in [6.45, 7) is 0. The topological polar surface area (TPSA) is 80.4 Å². The van der Waals surface area contributed by atoms with Crippen molar-refractivity contribution in [3.8, 4) is 0 Å². The third-order valence-electron chi connectivity index (χ3n) is 4.86. The second kappa shape index (κ2) is 7.29. The number of anilines is 1. The Morgan fingerprint density at radius 1 is 1.31 bits per heavy atom. The Bertz CT molecular complexity index is 868. The predicted molar refractivity (Wildman–Crippen MR) is 107 cm³/mol. The van der Waals surface area contributed by atoms with Crippen molar-refractivity contribution in [2.45, 2.75) is 25.3 Å². The second-order valence-electron chi connectivity index (χ2n) is 6.60. The van der Waals surface area contributed by atoms with Gasteiger partial charge in [-0.2, -0.15) is 0 Å². The van der Waals surface area contributed by atoms with Crippen LogP contribution >= 0.6 is 23.4 Å². The summed E-state index contributed by atoms with van der Waals surface area (Å²) in [4.78, 5) is 21.2. The maximum absolute atomic E-state index is 12.4. The van der Waals surface area contributed by atoms with Crippen LogP contribution in [-0.2, 0) is 6.42 Å². The fourth-order valence-corrected chi connectivity index (χ4v) is 4.60. The lowest BCUT2D eigenvalue weighted by atomic mass is 9.92. The third kappa shape index (κ3) is 3.57. The van der Waals surface area contributed by atoms with Crippen LogP contribution in [0.2, 0.25) is 5.02 Å². The number of nitrogens with two attached hydrogens (primary N) is 1. The number of benzene rings is 1. The molecule has 1 aromatic heterocycles. The average molecular weight is 387 g/mol. The van der Waals surface area contributed by atoms with Crippen LogP contribution in [0.5, 0.6) is 0 Å². The molecule has 1 amide bonds. The van der Waals surface area contributed by atoms with Crippen LogP contribution < -0.4 is 11.1 Å². The monoisotopic (exact) mass is 386 g/mol. The number of aromatic nitrogens is 1. The quantitative estimate of drug-likeness (QED) is 0.816. The van der Waals surface area contributed by atoms with E-state index in [2.05, 4.69) is 16.4 Å². The number of hydrogen-bond donors (Lipinski definition) is 2. The first-order valence-corrected chi connectivity index (χ1v) is 9.98. The summed E-state index contributed by atoms with van der Waals surface area (Å²) in [7, 11) is 0. The predicted octanol–water partition coefficient (Wildman–Crippen LogP) is 4.04. The number of halogens is 1. The maximum atomic E-state index is 12.4. The molecule has 0 fully saturated rings. The van der Waals surface area contributed by atoms with Gasteiger partial charge in [-0.25, -0.2) is 4.98 Å². The smallest absolute Gasteiger partial charge is 0.274 e. The SMILES string of the molecule is NC1=NC2c3cc(NC(=O)c4ccc(Cl)cn4)ccc3CCCC2CS1. The maximum Gasteiger partial charge on any atom is 0.274 e. The molecule has 1 aliphatic carbocycles. The molecular weight excluding hydrogens is 368 g/mol. The molecule has 5 nitrogen and oxygen atoms in total. The van der Waals surface area contributed by atoms with E-state index in [1.807, 2.05) is 12.1 Å². The summed E-state index contributed by atoms with van der Waals surface area (Å²) in [5.41, 5.74) is 9.53. The van der Waals surface area contributed by atoms with Crippen LogP contribution in [0.3, 0.4) is 0 Å². The summed E-state index contributed by atoms with van der Waals surface area (Å²) in [6, 6.07) is 9.43. The van der Waals surface area contributed by atoms with Gasteiger partial charge in [-0.1, -0.05) is 29.4 Å². The highest BCUT2D eigenvalue weighted by Crippen LogP contribution is 2.41. The molecule has 3 N–H and O–H groups in total. The van der Waals surface area contributed by atoms with Crippen molar-refractivity contribution in [2.24, 2.45) is 16.6 Å². The molecule has 2 aliphatic rings. The molecule has 134 valence electrons. The zero-order valence-corrected chi connectivity index (χ0v) is 15.7. The number of nitrogens with one attached hydrogen (secondary N) is 1. The third-order valence-corrected chi connectivity index (χ3v) is 6.08. The molecular formula is C19H19ClN4OS. The van der Waals surface area contributed by atoms with Crippen molar-refractivity contribution < 1.29 is 4.79 Å². The number of rotatable bonds is 2. The van der Waals surface area contributed by atoms with Crippen molar-refractivity contribution in [1.29, 1.82) is 0 Å². The van der Waals surface area contributed by atoms with Crippen molar-refractivity contribution >= 4 is 40.1 Å². The normalized spacial score (nSPS) is 21.8. The van der Waals surface area contributed by atoms with E-state index in [1.165, 1.54) is 17.3 Å². The Labute approximate surface area is 161 Å². The first-order chi connectivity index (χ1) is 12.6. The fourth-order valence-electron chi connectivity index (χ4n) is 3.56. The number of pyridine rings is 1. The first kappa shape index (κ1) is 17.4. The van der Waals surface area contributed by atoms with Gasteiger partial charge in [-0.3, -0.25) is 9.79 Å². The lowest BCUT2D eigenvalue weighted by Gasteiger charge is -2.27. The highest BCUT2D eigenvalue weighted by molar-refractivity contribution is 8.13. The number of carbonyl (C=O) groups is 1. The summed E-state index contributed by atoms with van der Waals surface area (Å²) < 4.78 is 0. The highest BCUT2D eigenvalue weighted by atomic mass is 35.5. The second-order valence-corrected chi connectivity index (χ2v) is 8.08. The molecule has 2 unspecified atom stereocenters. The van der Waals surface area contributed by atoms with Crippen molar-refractivity contribution in [3.63, 3.8) is 0 Å². The van der Waals surface area contributed by atoms with Crippen LogP contribution in [0.1, 0.15) is 40.5 Å². The molecule has 4 rings (SSSR count). The summed E-state index contributed by atoms with van der Waals surface area (Å²) in [5, 5.41) is 4.08. The van der Waals surface area contributed by atoms with Crippen LogP contribution in [0.4, 0.5) is 5.69 Å². The standard InChI is InChI=1S/C19H19ClN4OS/c20-13-5-7-16(22-9-13)18(25)23-14-6-4-11-2-1-3-12-10-26-19(21)24-17(12)15(11)8-14/h4-9,12,17H,1-3,10H2,(H2,21,24)(H,23,25). The Balaban J connectivity index is 1.62. The zero-order valence-electron chi connectivity index (χ0n) is 14.1. The zero-order chi connectivity index (χ0) is 18.1. The van der Waals surface area contributed by atoms with Crippen LogP contribution in [0.15, 0.2) is 41.5 Å². The van der Waals surface area contributed by atoms with Gasteiger partial charge >= 0.3 is 0 Å². The number of thioether (sulfide) groups is 1. The number of nitrogens with zero attached hydrogens (tertiary/aromatic N) is 2. The van der Waals surface area contributed by atoms with Crippen molar-refractivity contribution in [3.05, 3.63) is 58.4 Å². The number of aliphatic imine (C=N–C) groups is 1. The van der Waals surface area contributed by atoms with Gasteiger partial charge in [-0.05, 0) is 60.6 Å². The van der Waals surface area contributed by atoms with E-state index in [0.717, 1.165) is 30.7 Å². The Morgan fingerprint density at radius 3 is 3.00 bits per heavy atom. The number of hydrogen-bond acceptors (Lipinski definition) is 5. The summed E-state index contributed by atoms with van der Waals surface area (Å²) in [6.07, 6.45) is 4.81. The molecule has 7 heteroatoms. The minimum absolute atomic E-state index is 0.0826. The fraction of sp³-hybridized carbons (Fsp3) is 0.316. The van der Waals surface area contributed by atoms with Gasteiger partial charge in [0.15, 0.2) is 5.17 Å². The van der Waals surface area contributed by atoms with Gasteiger partial charge in [0.2, 0.25) is 0 Å². The molecule has 26 heavy (non-hydrogen) atoms. The van der Waals surface area contributed by atoms with E-state index >= 15 is 0 Å². The molecule has 2 heterocycles. The lowest BCUT2D eigenvalue weighted by molar-refractivity contribution is 0.102. The number of carbonyl (C=O) groups excluding carboxylic acids is 1. The Hall–Kier alpha value is -2.05.